The molecule has 1 heterocycles. The van der Waals surface area contributed by atoms with Crippen molar-refractivity contribution >= 4 is 0 Å². The van der Waals surface area contributed by atoms with Crippen molar-refractivity contribution in [1.29, 1.82) is 0 Å². The first kappa shape index (κ1) is 19.3. The van der Waals surface area contributed by atoms with Gasteiger partial charge in [0.15, 0.2) is 0 Å². The van der Waals surface area contributed by atoms with Crippen molar-refractivity contribution in [1.82, 2.24) is 14.7 Å². The van der Waals surface area contributed by atoms with Crippen molar-refractivity contribution in [3.05, 3.63) is 82.9 Å². The lowest BCUT2D eigenvalue weighted by Crippen LogP contribution is -2.27. The smallest absolute Gasteiger partial charge is 0.123 e. The van der Waals surface area contributed by atoms with Gasteiger partial charge in [0, 0.05) is 32.9 Å². The quantitative estimate of drug-likeness (QED) is 0.595. The number of rotatable bonds is 8. The minimum atomic E-state index is -0.245. The van der Waals surface area contributed by atoms with Crippen LogP contribution in [0.1, 0.15) is 22.4 Å². The third kappa shape index (κ3) is 5.25. The molecule has 0 atom stereocenters. The maximum atomic E-state index is 13.1. The lowest BCUT2D eigenvalue weighted by molar-refractivity contribution is 0.139. The predicted octanol–water partition coefficient (Wildman–Crippen LogP) is 4.28. The summed E-state index contributed by atoms with van der Waals surface area (Å²) >= 11 is 0. The zero-order valence-electron chi connectivity index (χ0n) is 16.2. The molecule has 0 saturated heterocycles. The van der Waals surface area contributed by atoms with Crippen LogP contribution in [0.4, 0.5) is 4.39 Å². The van der Waals surface area contributed by atoms with Gasteiger partial charge >= 0.3 is 0 Å². The van der Waals surface area contributed by atoms with Gasteiger partial charge in [-0.3, -0.25) is 4.90 Å². The number of ether oxygens (including phenoxy) is 1. The fourth-order valence-electron chi connectivity index (χ4n) is 3.01. The number of aromatic nitrogens is 2. The van der Waals surface area contributed by atoms with Crippen molar-refractivity contribution in [3.8, 4) is 5.69 Å². The molecule has 0 aliphatic heterocycles. The van der Waals surface area contributed by atoms with E-state index in [0.717, 1.165) is 31.0 Å². The van der Waals surface area contributed by atoms with Gasteiger partial charge in [-0.2, -0.15) is 5.10 Å². The van der Waals surface area contributed by atoms with Crippen LogP contribution in [0, 0.1) is 19.7 Å². The third-order valence-electron chi connectivity index (χ3n) is 4.71. The van der Waals surface area contributed by atoms with Crippen LogP contribution in [0.3, 0.4) is 0 Å². The van der Waals surface area contributed by atoms with Gasteiger partial charge in [0.1, 0.15) is 5.82 Å². The highest BCUT2D eigenvalue weighted by Gasteiger charge is 2.10. The second-order valence-electron chi connectivity index (χ2n) is 6.85. The van der Waals surface area contributed by atoms with Crippen LogP contribution in [0.2, 0.25) is 0 Å². The summed E-state index contributed by atoms with van der Waals surface area (Å²) in [5, 5.41) is 4.64. The van der Waals surface area contributed by atoms with Gasteiger partial charge in [-0.15, -0.1) is 0 Å². The molecule has 0 spiro atoms. The van der Waals surface area contributed by atoms with Crippen molar-refractivity contribution in [2.45, 2.75) is 26.9 Å². The van der Waals surface area contributed by atoms with Crippen LogP contribution in [-0.2, 0) is 17.8 Å². The Kier molecular flexibility index (Phi) is 6.37. The van der Waals surface area contributed by atoms with E-state index in [1.54, 1.807) is 23.9 Å². The van der Waals surface area contributed by atoms with Gasteiger partial charge in [-0.1, -0.05) is 18.2 Å². The Balaban J connectivity index is 1.72. The summed E-state index contributed by atoms with van der Waals surface area (Å²) in [6.45, 7) is 7.33. The molecule has 0 amide bonds. The molecule has 0 fully saturated rings. The molecule has 4 nitrogen and oxygen atoms in total. The highest BCUT2D eigenvalue weighted by Crippen LogP contribution is 2.15. The van der Waals surface area contributed by atoms with E-state index < -0.39 is 0 Å². The monoisotopic (exact) mass is 367 g/mol. The third-order valence-corrected chi connectivity index (χ3v) is 4.71. The Labute approximate surface area is 160 Å². The van der Waals surface area contributed by atoms with E-state index in [1.807, 2.05) is 12.3 Å². The number of benzene rings is 2. The van der Waals surface area contributed by atoms with Gasteiger partial charge in [-0.05, 0) is 60.9 Å². The van der Waals surface area contributed by atoms with E-state index in [4.69, 9.17) is 4.74 Å². The van der Waals surface area contributed by atoms with Crippen molar-refractivity contribution in [3.63, 3.8) is 0 Å². The molecular formula is C22H26FN3O. The van der Waals surface area contributed by atoms with Crippen LogP contribution in [-0.4, -0.2) is 34.9 Å². The maximum Gasteiger partial charge on any atom is 0.123 e. The number of halogens is 1. The summed E-state index contributed by atoms with van der Waals surface area (Å²) in [6, 6.07) is 14.9. The second kappa shape index (κ2) is 8.93. The maximum absolute atomic E-state index is 13.1. The Morgan fingerprint density at radius 2 is 1.78 bits per heavy atom. The van der Waals surface area contributed by atoms with Gasteiger partial charge in [0.25, 0.3) is 0 Å². The number of nitrogens with zero attached hydrogens (tertiary/aromatic N) is 3. The first-order valence-corrected chi connectivity index (χ1v) is 9.13. The van der Waals surface area contributed by atoms with Gasteiger partial charge in [0.05, 0.1) is 18.0 Å². The standard InChI is InChI=1S/C22H26FN3O/c1-17-4-5-19(14-18(17)2)15-25(12-13-27-3)16-21-10-11-26(24-21)22-8-6-20(23)7-9-22/h4-11,14H,12-13,15-16H2,1-3H3. The summed E-state index contributed by atoms with van der Waals surface area (Å²) in [5.74, 6) is -0.245. The zero-order valence-corrected chi connectivity index (χ0v) is 16.2. The van der Waals surface area contributed by atoms with Crippen molar-refractivity contribution < 1.29 is 9.13 Å². The molecule has 0 N–H and O–H groups in total. The number of hydrogen-bond donors (Lipinski definition) is 0. The lowest BCUT2D eigenvalue weighted by atomic mass is 10.1. The molecule has 0 radical (unpaired) electrons. The van der Waals surface area contributed by atoms with Crippen LogP contribution in [0.15, 0.2) is 54.7 Å². The Bertz CT molecular complexity index is 874. The highest BCUT2D eigenvalue weighted by atomic mass is 19.1. The average Bonchev–Trinajstić information content (AvgIpc) is 3.12. The van der Waals surface area contributed by atoms with E-state index >= 15 is 0 Å². The Morgan fingerprint density at radius 3 is 2.48 bits per heavy atom. The van der Waals surface area contributed by atoms with Gasteiger partial charge < -0.3 is 4.74 Å². The first-order chi connectivity index (χ1) is 13.0. The minimum absolute atomic E-state index is 0.245. The van der Waals surface area contributed by atoms with E-state index in [2.05, 4.69) is 42.0 Å². The fourth-order valence-corrected chi connectivity index (χ4v) is 3.01. The highest BCUT2D eigenvalue weighted by molar-refractivity contribution is 5.31. The Hall–Kier alpha value is -2.50. The fraction of sp³-hybridized carbons (Fsp3) is 0.318. The largest absolute Gasteiger partial charge is 0.383 e. The normalized spacial score (nSPS) is 11.3. The van der Waals surface area contributed by atoms with E-state index in [-0.39, 0.29) is 5.82 Å². The Morgan fingerprint density at radius 1 is 1.00 bits per heavy atom. The molecule has 0 aliphatic carbocycles. The zero-order chi connectivity index (χ0) is 19.2. The molecular weight excluding hydrogens is 341 g/mol. The minimum Gasteiger partial charge on any atom is -0.383 e. The molecule has 0 bridgehead atoms. The van der Waals surface area contributed by atoms with E-state index in [1.165, 1.54) is 28.8 Å². The van der Waals surface area contributed by atoms with Gasteiger partial charge in [-0.25, -0.2) is 9.07 Å². The summed E-state index contributed by atoms with van der Waals surface area (Å²) in [7, 11) is 1.72. The topological polar surface area (TPSA) is 30.3 Å². The van der Waals surface area contributed by atoms with Crippen LogP contribution >= 0.6 is 0 Å². The molecule has 5 heteroatoms. The number of hydrogen-bond acceptors (Lipinski definition) is 3. The predicted molar refractivity (Wildman–Crippen MR) is 105 cm³/mol. The average molecular weight is 367 g/mol. The molecule has 3 rings (SSSR count). The van der Waals surface area contributed by atoms with Crippen LogP contribution in [0.25, 0.3) is 5.69 Å². The molecule has 0 aliphatic rings. The van der Waals surface area contributed by atoms with Crippen molar-refractivity contribution in [2.24, 2.45) is 0 Å². The number of aryl methyl sites for hydroxylation is 2. The molecule has 0 saturated carbocycles. The summed E-state index contributed by atoms with van der Waals surface area (Å²) < 4.78 is 20.2. The SMILES string of the molecule is COCCN(Cc1ccc(C)c(C)c1)Cc1ccn(-c2ccc(F)cc2)n1. The molecule has 142 valence electrons. The molecule has 2 aromatic carbocycles. The molecule has 1 aromatic heterocycles. The second-order valence-corrected chi connectivity index (χ2v) is 6.85. The first-order valence-electron chi connectivity index (χ1n) is 9.13. The summed E-state index contributed by atoms with van der Waals surface area (Å²) in [4.78, 5) is 2.32. The van der Waals surface area contributed by atoms with Crippen LogP contribution in [0.5, 0.6) is 0 Å². The van der Waals surface area contributed by atoms with E-state index in [0.29, 0.717) is 6.61 Å². The van der Waals surface area contributed by atoms with Crippen molar-refractivity contribution in [2.75, 3.05) is 20.3 Å². The lowest BCUT2D eigenvalue weighted by Gasteiger charge is -2.21. The van der Waals surface area contributed by atoms with E-state index in [9.17, 15) is 4.39 Å². The van der Waals surface area contributed by atoms with Gasteiger partial charge in [0.2, 0.25) is 0 Å². The molecule has 3 aromatic rings. The molecule has 27 heavy (non-hydrogen) atoms. The number of methoxy groups -OCH3 is 1. The van der Waals surface area contributed by atoms with Crippen LogP contribution < -0.4 is 0 Å². The summed E-state index contributed by atoms with van der Waals surface area (Å²) in [5.41, 5.74) is 5.71. The molecule has 0 unspecified atom stereocenters. The summed E-state index contributed by atoms with van der Waals surface area (Å²) in [6.07, 6.45) is 1.91.